The molecular formula is C14H14F3N5O2. The predicted octanol–water partition coefficient (Wildman–Crippen LogP) is 0.984. The number of halogens is 3. The van der Waals surface area contributed by atoms with Gasteiger partial charge in [-0.3, -0.25) is 9.59 Å². The molecule has 0 saturated carbocycles. The van der Waals surface area contributed by atoms with Crippen molar-refractivity contribution in [2.45, 2.75) is 13.1 Å². The van der Waals surface area contributed by atoms with E-state index in [1.165, 1.54) is 10.9 Å². The van der Waals surface area contributed by atoms with Gasteiger partial charge in [-0.25, -0.2) is 9.67 Å². The quantitative estimate of drug-likeness (QED) is 0.849. The van der Waals surface area contributed by atoms with Gasteiger partial charge in [0.25, 0.3) is 5.91 Å². The summed E-state index contributed by atoms with van der Waals surface area (Å²) in [5.74, 6) is -1.04. The smallest absolute Gasteiger partial charge is 0.345 e. The van der Waals surface area contributed by atoms with E-state index in [-0.39, 0.29) is 5.56 Å². The number of carbonyl (C=O) groups is 2. The van der Waals surface area contributed by atoms with E-state index in [0.717, 1.165) is 0 Å². The molecule has 2 aromatic heterocycles. The Hall–Kier alpha value is -2.91. The maximum Gasteiger partial charge on any atom is 0.405 e. The van der Waals surface area contributed by atoms with Crippen LogP contribution in [-0.2, 0) is 4.79 Å². The van der Waals surface area contributed by atoms with Gasteiger partial charge in [-0.2, -0.15) is 18.3 Å². The van der Waals surface area contributed by atoms with Crippen LogP contribution in [-0.4, -0.2) is 45.8 Å². The number of pyridine rings is 1. The van der Waals surface area contributed by atoms with Crippen molar-refractivity contribution in [1.82, 2.24) is 25.4 Å². The molecule has 2 heterocycles. The van der Waals surface area contributed by atoms with Crippen LogP contribution in [0.1, 0.15) is 16.1 Å². The fourth-order valence-electron chi connectivity index (χ4n) is 1.86. The van der Waals surface area contributed by atoms with E-state index >= 15 is 0 Å². The minimum atomic E-state index is -4.50. The van der Waals surface area contributed by atoms with Crippen LogP contribution >= 0.6 is 0 Å². The van der Waals surface area contributed by atoms with Gasteiger partial charge in [-0.05, 0) is 19.1 Å². The molecule has 0 bridgehead atoms. The van der Waals surface area contributed by atoms with Crippen molar-refractivity contribution < 1.29 is 22.8 Å². The van der Waals surface area contributed by atoms with Gasteiger partial charge >= 0.3 is 6.18 Å². The molecule has 0 aliphatic rings. The molecule has 0 aliphatic heterocycles. The van der Waals surface area contributed by atoms with Crippen LogP contribution in [0.5, 0.6) is 0 Å². The van der Waals surface area contributed by atoms with Gasteiger partial charge in [0.05, 0.1) is 24.0 Å². The van der Waals surface area contributed by atoms with E-state index in [1.807, 2.05) is 0 Å². The maximum atomic E-state index is 12.0. The number of aromatic nitrogens is 3. The Morgan fingerprint density at radius 3 is 2.62 bits per heavy atom. The van der Waals surface area contributed by atoms with Crippen LogP contribution in [0.15, 0.2) is 30.6 Å². The topological polar surface area (TPSA) is 88.9 Å². The Morgan fingerprint density at radius 1 is 1.25 bits per heavy atom. The van der Waals surface area contributed by atoms with Gasteiger partial charge in [0.2, 0.25) is 5.91 Å². The summed E-state index contributed by atoms with van der Waals surface area (Å²) in [6, 6.07) is 5.19. The molecule has 24 heavy (non-hydrogen) atoms. The second kappa shape index (κ2) is 7.11. The standard InChI is InChI=1S/C14H14F3N5O2/c1-9-10(6-21-22(9)11-4-2-3-5-18-11)13(24)19-7-12(23)20-8-14(15,16)17/h2-6H,7-8H2,1H3,(H,19,24)(H,20,23). The predicted molar refractivity (Wildman–Crippen MR) is 77.5 cm³/mol. The van der Waals surface area contributed by atoms with Crippen LogP contribution in [0.2, 0.25) is 0 Å². The molecule has 128 valence electrons. The van der Waals surface area contributed by atoms with Crippen LogP contribution < -0.4 is 10.6 Å². The summed E-state index contributed by atoms with van der Waals surface area (Å²) < 4.78 is 37.4. The molecule has 2 rings (SSSR count). The Bertz CT molecular complexity index is 728. The van der Waals surface area contributed by atoms with E-state index < -0.39 is 31.1 Å². The first kappa shape index (κ1) is 17.4. The minimum absolute atomic E-state index is 0.198. The first-order valence-corrected chi connectivity index (χ1v) is 6.85. The zero-order valence-corrected chi connectivity index (χ0v) is 12.6. The lowest BCUT2D eigenvalue weighted by Crippen LogP contribution is -2.40. The van der Waals surface area contributed by atoms with Crippen molar-refractivity contribution in [2.75, 3.05) is 13.1 Å². The van der Waals surface area contributed by atoms with Crippen LogP contribution in [0.25, 0.3) is 5.82 Å². The first-order chi connectivity index (χ1) is 11.3. The number of amides is 2. The Balaban J connectivity index is 1.96. The summed E-state index contributed by atoms with van der Waals surface area (Å²) in [5, 5.41) is 7.96. The van der Waals surface area contributed by atoms with Gasteiger partial charge in [-0.15, -0.1) is 0 Å². The molecule has 0 fully saturated rings. The molecular weight excluding hydrogens is 327 g/mol. The second-order valence-electron chi connectivity index (χ2n) is 4.82. The fourth-order valence-corrected chi connectivity index (χ4v) is 1.86. The summed E-state index contributed by atoms with van der Waals surface area (Å²) in [6.07, 6.45) is -1.63. The first-order valence-electron chi connectivity index (χ1n) is 6.85. The van der Waals surface area contributed by atoms with Crippen molar-refractivity contribution in [1.29, 1.82) is 0 Å². The third kappa shape index (κ3) is 4.54. The SMILES string of the molecule is Cc1c(C(=O)NCC(=O)NCC(F)(F)F)cnn1-c1ccccn1. The number of hydrogen-bond donors (Lipinski definition) is 2. The largest absolute Gasteiger partial charge is 0.405 e. The minimum Gasteiger partial charge on any atom is -0.345 e. The summed E-state index contributed by atoms with van der Waals surface area (Å²) in [5.41, 5.74) is 0.686. The number of hydrogen-bond acceptors (Lipinski definition) is 4. The van der Waals surface area contributed by atoms with Crippen molar-refractivity contribution in [3.63, 3.8) is 0 Å². The summed E-state index contributed by atoms with van der Waals surface area (Å²) >= 11 is 0. The molecule has 0 radical (unpaired) electrons. The normalized spacial score (nSPS) is 11.2. The van der Waals surface area contributed by atoms with Gasteiger partial charge < -0.3 is 10.6 Å². The average Bonchev–Trinajstić information content (AvgIpc) is 2.92. The van der Waals surface area contributed by atoms with Crippen LogP contribution in [0.4, 0.5) is 13.2 Å². The van der Waals surface area contributed by atoms with Gasteiger partial charge in [0, 0.05) is 6.20 Å². The Labute approximate surface area is 134 Å². The number of nitrogens with one attached hydrogen (secondary N) is 2. The number of alkyl halides is 3. The third-order valence-corrected chi connectivity index (χ3v) is 3.02. The van der Waals surface area contributed by atoms with E-state index in [4.69, 9.17) is 0 Å². The highest BCUT2D eigenvalue weighted by Crippen LogP contribution is 2.13. The van der Waals surface area contributed by atoms with E-state index in [2.05, 4.69) is 15.4 Å². The zero-order chi connectivity index (χ0) is 17.7. The Kier molecular flexibility index (Phi) is 5.17. The highest BCUT2D eigenvalue weighted by molar-refractivity contribution is 5.97. The summed E-state index contributed by atoms with van der Waals surface area (Å²) in [6.45, 7) is -0.373. The molecule has 2 N–H and O–H groups in total. The second-order valence-corrected chi connectivity index (χ2v) is 4.82. The van der Waals surface area contributed by atoms with Crippen LogP contribution in [0, 0.1) is 6.92 Å². The molecule has 7 nitrogen and oxygen atoms in total. The molecule has 0 saturated heterocycles. The molecule has 0 aliphatic carbocycles. The lowest BCUT2D eigenvalue weighted by Gasteiger charge is -2.09. The molecule has 2 amide bonds. The van der Waals surface area contributed by atoms with Gasteiger partial charge in [-0.1, -0.05) is 6.07 Å². The molecule has 2 aromatic rings. The molecule has 0 spiro atoms. The van der Waals surface area contributed by atoms with Gasteiger partial charge in [0.1, 0.15) is 6.54 Å². The summed E-state index contributed by atoms with van der Waals surface area (Å²) in [4.78, 5) is 27.4. The van der Waals surface area contributed by atoms with Crippen molar-refractivity contribution in [3.05, 3.63) is 41.9 Å². The lowest BCUT2D eigenvalue weighted by molar-refractivity contribution is -0.137. The molecule has 10 heteroatoms. The lowest BCUT2D eigenvalue weighted by atomic mass is 10.2. The molecule has 0 atom stereocenters. The Morgan fingerprint density at radius 2 is 2.00 bits per heavy atom. The van der Waals surface area contributed by atoms with Crippen molar-refractivity contribution in [3.8, 4) is 5.82 Å². The number of nitrogens with zero attached hydrogens (tertiary/aromatic N) is 3. The highest BCUT2D eigenvalue weighted by atomic mass is 19.4. The van der Waals surface area contributed by atoms with Crippen molar-refractivity contribution >= 4 is 11.8 Å². The monoisotopic (exact) mass is 341 g/mol. The van der Waals surface area contributed by atoms with E-state index in [1.54, 1.807) is 36.6 Å². The fraction of sp³-hybridized carbons (Fsp3) is 0.286. The van der Waals surface area contributed by atoms with Crippen LogP contribution in [0.3, 0.4) is 0 Å². The zero-order valence-electron chi connectivity index (χ0n) is 12.6. The number of carbonyl (C=O) groups excluding carboxylic acids is 2. The maximum absolute atomic E-state index is 12.0. The van der Waals surface area contributed by atoms with E-state index in [0.29, 0.717) is 11.5 Å². The average molecular weight is 341 g/mol. The van der Waals surface area contributed by atoms with E-state index in [9.17, 15) is 22.8 Å². The van der Waals surface area contributed by atoms with Crippen molar-refractivity contribution in [2.24, 2.45) is 0 Å². The molecule has 0 aromatic carbocycles. The van der Waals surface area contributed by atoms with Gasteiger partial charge in [0.15, 0.2) is 5.82 Å². The number of rotatable bonds is 5. The molecule has 0 unspecified atom stereocenters. The highest BCUT2D eigenvalue weighted by Gasteiger charge is 2.27. The summed E-state index contributed by atoms with van der Waals surface area (Å²) in [7, 11) is 0. The third-order valence-electron chi connectivity index (χ3n) is 3.02.